The van der Waals surface area contributed by atoms with Gasteiger partial charge in [-0.05, 0) is 43.4 Å². The minimum absolute atomic E-state index is 0.0662. The summed E-state index contributed by atoms with van der Waals surface area (Å²) in [5, 5.41) is 8.92. The van der Waals surface area contributed by atoms with Crippen LogP contribution >= 0.6 is 0 Å². The van der Waals surface area contributed by atoms with Crippen molar-refractivity contribution in [2.24, 2.45) is 0 Å². The van der Waals surface area contributed by atoms with Gasteiger partial charge in [0.15, 0.2) is 0 Å². The molecule has 4 heteroatoms. The van der Waals surface area contributed by atoms with E-state index in [0.29, 0.717) is 5.56 Å². The lowest BCUT2D eigenvalue weighted by atomic mass is 9.98. The van der Waals surface area contributed by atoms with Crippen LogP contribution in [-0.2, 0) is 0 Å². The molecule has 0 spiro atoms. The maximum absolute atomic E-state index is 10.9. The second-order valence-electron chi connectivity index (χ2n) is 4.58. The Kier molecular flexibility index (Phi) is 3.92. The normalized spacial score (nSPS) is 12.4. The first-order valence-electron chi connectivity index (χ1n) is 5.99. The average Bonchev–Trinajstić information content (AvgIpc) is 2.40. The second kappa shape index (κ2) is 5.63. The van der Waals surface area contributed by atoms with Crippen molar-refractivity contribution in [1.29, 1.82) is 0 Å². The predicted octanol–water partition coefficient (Wildman–Crippen LogP) is 2.43. The monoisotopic (exact) mass is 256 g/mol. The number of nitrogens with zero attached hydrogens (tertiary/aromatic N) is 2. The minimum Gasteiger partial charge on any atom is -0.478 e. The Morgan fingerprint density at radius 1 is 1.16 bits per heavy atom. The average molecular weight is 256 g/mol. The van der Waals surface area contributed by atoms with Gasteiger partial charge in [0.1, 0.15) is 0 Å². The van der Waals surface area contributed by atoms with Crippen LogP contribution < -0.4 is 0 Å². The summed E-state index contributed by atoms with van der Waals surface area (Å²) < 4.78 is 0. The first kappa shape index (κ1) is 13.2. The standard InChI is InChI=1S/C15H16N2O2/c1-17(2)14(13-4-3-9-16-10-13)11-5-7-12(8-6-11)15(18)19/h3-10,14H,1-2H3,(H,18,19). The zero-order chi connectivity index (χ0) is 13.8. The summed E-state index contributed by atoms with van der Waals surface area (Å²) in [7, 11) is 3.98. The molecule has 0 amide bonds. The Balaban J connectivity index is 2.37. The van der Waals surface area contributed by atoms with Gasteiger partial charge in [0.25, 0.3) is 0 Å². The fourth-order valence-electron chi connectivity index (χ4n) is 2.13. The van der Waals surface area contributed by atoms with Crippen LogP contribution in [0.3, 0.4) is 0 Å². The van der Waals surface area contributed by atoms with Gasteiger partial charge in [-0.1, -0.05) is 18.2 Å². The third-order valence-corrected chi connectivity index (χ3v) is 2.99. The summed E-state index contributed by atoms with van der Waals surface area (Å²) in [6.07, 6.45) is 3.57. The van der Waals surface area contributed by atoms with Gasteiger partial charge < -0.3 is 5.11 Å². The molecular weight excluding hydrogens is 240 g/mol. The van der Waals surface area contributed by atoms with E-state index in [0.717, 1.165) is 11.1 Å². The molecule has 0 saturated heterocycles. The molecule has 0 aliphatic rings. The molecule has 0 aliphatic carbocycles. The highest BCUT2D eigenvalue weighted by Gasteiger charge is 2.17. The van der Waals surface area contributed by atoms with Gasteiger partial charge in [-0.25, -0.2) is 4.79 Å². The number of rotatable bonds is 4. The minimum atomic E-state index is -0.908. The molecule has 1 aromatic carbocycles. The molecule has 98 valence electrons. The maximum Gasteiger partial charge on any atom is 0.335 e. The molecule has 19 heavy (non-hydrogen) atoms. The third kappa shape index (κ3) is 2.98. The Bertz CT molecular complexity index is 550. The van der Waals surface area contributed by atoms with Crippen LogP contribution in [0.1, 0.15) is 27.5 Å². The molecule has 0 saturated carbocycles. The highest BCUT2D eigenvalue weighted by Crippen LogP contribution is 2.26. The lowest BCUT2D eigenvalue weighted by molar-refractivity contribution is 0.0697. The maximum atomic E-state index is 10.9. The highest BCUT2D eigenvalue weighted by atomic mass is 16.4. The van der Waals surface area contributed by atoms with Gasteiger partial charge in [-0.3, -0.25) is 9.88 Å². The molecule has 2 rings (SSSR count). The first-order valence-corrected chi connectivity index (χ1v) is 5.99. The Hall–Kier alpha value is -2.20. The number of aromatic nitrogens is 1. The smallest absolute Gasteiger partial charge is 0.335 e. The van der Waals surface area contributed by atoms with Crippen LogP contribution in [-0.4, -0.2) is 35.1 Å². The molecule has 0 bridgehead atoms. The number of aromatic carboxylic acids is 1. The molecule has 0 fully saturated rings. The molecule has 1 atom stereocenters. The molecule has 0 aliphatic heterocycles. The van der Waals surface area contributed by atoms with Crippen LogP contribution in [0.2, 0.25) is 0 Å². The van der Waals surface area contributed by atoms with E-state index >= 15 is 0 Å². The summed E-state index contributed by atoms with van der Waals surface area (Å²) in [4.78, 5) is 17.1. The van der Waals surface area contributed by atoms with Crippen LogP contribution in [0.4, 0.5) is 0 Å². The van der Waals surface area contributed by atoms with E-state index in [-0.39, 0.29) is 6.04 Å². The predicted molar refractivity (Wildman–Crippen MR) is 73.2 cm³/mol. The second-order valence-corrected chi connectivity index (χ2v) is 4.58. The lowest BCUT2D eigenvalue weighted by Crippen LogP contribution is -2.21. The SMILES string of the molecule is CN(C)C(c1ccc(C(=O)O)cc1)c1cccnc1. The number of benzene rings is 1. The van der Waals surface area contributed by atoms with E-state index < -0.39 is 5.97 Å². The van der Waals surface area contributed by atoms with Crippen molar-refractivity contribution in [3.8, 4) is 0 Å². The van der Waals surface area contributed by atoms with Crippen molar-refractivity contribution in [2.45, 2.75) is 6.04 Å². The quantitative estimate of drug-likeness (QED) is 0.912. The lowest BCUT2D eigenvalue weighted by Gasteiger charge is -2.25. The Morgan fingerprint density at radius 2 is 1.84 bits per heavy atom. The fraction of sp³-hybridized carbons (Fsp3) is 0.200. The van der Waals surface area contributed by atoms with Crippen LogP contribution in [0.15, 0.2) is 48.8 Å². The van der Waals surface area contributed by atoms with E-state index in [1.165, 1.54) is 0 Å². The van der Waals surface area contributed by atoms with Crippen LogP contribution in [0.5, 0.6) is 0 Å². The molecule has 1 N–H and O–H groups in total. The van der Waals surface area contributed by atoms with Gasteiger partial charge in [-0.2, -0.15) is 0 Å². The molecule has 1 unspecified atom stereocenters. The summed E-state index contributed by atoms with van der Waals surface area (Å²) >= 11 is 0. The van der Waals surface area contributed by atoms with Crippen molar-refractivity contribution in [3.05, 3.63) is 65.5 Å². The zero-order valence-corrected chi connectivity index (χ0v) is 10.9. The summed E-state index contributed by atoms with van der Waals surface area (Å²) in [5.41, 5.74) is 2.42. The fourth-order valence-corrected chi connectivity index (χ4v) is 2.13. The highest BCUT2D eigenvalue weighted by molar-refractivity contribution is 5.87. The van der Waals surface area contributed by atoms with Gasteiger partial charge in [0.2, 0.25) is 0 Å². The van der Waals surface area contributed by atoms with Crippen molar-refractivity contribution in [1.82, 2.24) is 9.88 Å². The third-order valence-electron chi connectivity index (χ3n) is 2.99. The number of pyridine rings is 1. The van der Waals surface area contributed by atoms with E-state index in [2.05, 4.69) is 9.88 Å². The molecule has 2 aromatic rings. The Morgan fingerprint density at radius 3 is 2.32 bits per heavy atom. The zero-order valence-electron chi connectivity index (χ0n) is 10.9. The number of hydrogen-bond donors (Lipinski definition) is 1. The number of carbonyl (C=O) groups is 1. The largest absolute Gasteiger partial charge is 0.478 e. The molecular formula is C15H16N2O2. The summed E-state index contributed by atoms with van der Waals surface area (Å²) in [6, 6.07) is 10.9. The molecule has 0 radical (unpaired) electrons. The van der Waals surface area contributed by atoms with E-state index in [9.17, 15) is 4.79 Å². The van der Waals surface area contributed by atoms with Gasteiger partial charge in [-0.15, -0.1) is 0 Å². The van der Waals surface area contributed by atoms with E-state index in [4.69, 9.17) is 5.11 Å². The number of carboxylic acids is 1. The van der Waals surface area contributed by atoms with Gasteiger partial charge in [0.05, 0.1) is 11.6 Å². The molecule has 4 nitrogen and oxygen atoms in total. The van der Waals surface area contributed by atoms with Crippen molar-refractivity contribution < 1.29 is 9.90 Å². The topological polar surface area (TPSA) is 53.4 Å². The van der Waals surface area contributed by atoms with Crippen molar-refractivity contribution in [3.63, 3.8) is 0 Å². The number of carboxylic acid groups (broad SMARTS) is 1. The van der Waals surface area contributed by atoms with Gasteiger partial charge in [0, 0.05) is 12.4 Å². The first-order chi connectivity index (χ1) is 9.09. The summed E-state index contributed by atoms with van der Waals surface area (Å²) in [6.45, 7) is 0. The molecule has 1 aromatic heterocycles. The van der Waals surface area contributed by atoms with E-state index in [1.807, 2.05) is 44.6 Å². The van der Waals surface area contributed by atoms with Gasteiger partial charge >= 0.3 is 5.97 Å². The van der Waals surface area contributed by atoms with E-state index in [1.54, 1.807) is 18.3 Å². The number of hydrogen-bond acceptors (Lipinski definition) is 3. The molecule has 1 heterocycles. The van der Waals surface area contributed by atoms with Crippen LogP contribution in [0.25, 0.3) is 0 Å². The summed E-state index contributed by atoms with van der Waals surface area (Å²) in [5.74, 6) is -0.908. The van der Waals surface area contributed by atoms with Crippen LogP contribution in [0, 0.1) is 0 Å². The van der Waals surface area contributed by atoms with Crippen molar-refractivity contribution >= 4 is 5.97 Å². The Labute approximate surface area is 112 Å². The van der Waals surface area contributed by atoms with Crippen molar-refractivity contribution in [2.75, 3.05) is 14.1 Å².